The molecule has 17 heavy (non-hydrogen) atoms. The molecule has 1 heterocycles. The molecule has 8 heteroatoms. The van der Waals surface area contributed by atoms with E-state index in [-0.39, 0.29) is 6.42 Å². The summed E-state index contributed by atoms with van der Waals surface area (Å²) in [5.74, 6) is -3.87. The van der Waals surface area contributed by atoms with Crippen molar-refractivity contribution in [2.45, 2.75) is 19.5 Å². The first-order chi connectivity index (χ1) is 7.58. The van der Waals surface area contributed by atoms with E-state index in [0.29, 0.717) is 4.90 Å². The van der Waals surface area contributed by atoms with Gasteiger partial charge in [0.15, 0.2) is 0 Å². The highest BCUT2D eigenvalue weighted by Gasteiger charge is 2.56. The van der Waals surface area contributed by atoms with E-state index in [4.69, 9.17) is 5.11 Å². The summed E-state index contributed by atoms with van der Waals surface area (Å²) in [7, 11) is 0. The lowest BCUT2D eigenvalue weighted by molar-refractivity contribution is -0.200. The minimum atomic E-state index is -5.01. The number of nitrogens with zero attached hydrogens (tertiary/aromatic N) is 1. The smallest absolute Gasteiger partial charge is 0.471 e. The molecular weight excluding hydrogens is 243 g/mol. The molecule has 0 aromatic carbocycles. The highest BCUT2D eigenvalue weighted by atomic mass is 19.4. The summed E-state index contributed by atoms with van der Waals surface area (Å²) in [5.41, 5.74) is -1.56. The molecule has 0 atom stereocenters. The number of hydrogen-bond donors (Lipinski definition) is 1. The summed E-state index contributed by atoms with van der Waals surface area (Å²) >= 11 is 0. The van der Waals surface area contributed by atoms with E-state index >= 15 is 0 Å². The zero-order valence-corrected chi connectivity index (χ0v) is 8.87. The lowest BCUT2D eigenvalue weighted by atomic mass is 9.75. The molecule has 0 radical (unpaired) electrons. The lowest BCUT2D eigenvalue weighted by Crippen LogP contribution is -2.64. The molecular formula is C9H10F3NO4. The van der Waals surface area contributed by atoms with Crippen LogP contribution in [0.25, 0.3) is 0 Å². The van der Waals surface area contributed by atoms with Crippen molar-refractivity contribution in [1.29, 1.82) is 0 Å². The van der Waals surface area contributed by atoms with Crippen LogP contribution in [0.3, 0.4) is 0 Å². The molecule has 0 unspecified atom stereocenters. The van der Waals surface area contributed by atoms with E-state index in [0.717, 1.165) is 6.92 Å². The van der Waals surface area contributed by atoms with Crippen molar-refractivity contribution in [1.82, 2.24) is 4.90 Å². The number of aliphatic carboxylic acids is 1. The fraction of sp³-hybridized carbons (Fsp3) is 0.667. The maximum atomic E-state index is 12.0. The number of ketones is 1. The minimum Gasteiger partial charge on any atom is -0.481 e. The second-order valence-electron chi connectivity index (χ2n) is 4.12. The maximum absolute atomic E-state index is 12.0. The van der Waals surface area contributed by atoms with Crippen molar-refractivity contribution in [3.05, 3.63) is 0 Å². The Morgan fingerprint density at radius 3 is 2.06 bits per heavy atom. The van der Waals surface area contributed by atoms with Gasteiger partial charge in [-0.1, -0.05) is 0 Å². The van der Waals surface area contributed by atoms with Crippen LogP contribution in [0.15, 0.2) is 0 Å². The zero-order chi connectivity index (χ0) is 13.4. The molecule has 1 rings (SSSR count). The molecule has 1 N–H and O–H groups in total. The van der Waals surface area contributed by atoms with Gasteiger partial charge in [-0.2, -0.15) is 13.2 Å². The van der Waals surface area contributed by atoms with Gasteiger partial charge in [-0.25, -0.2) is 0 Å². The van der Waals surface area contributed by atoms with Crippen molar-refractivity contribution in [2.24, 2.45) is 5.41 Å². The number of Topliss-reactive ketones (excluding diaryl/α,β-unsaturated/α-hetero) is 1. The molecule has 0 saturated carbocycles. The third-order valence-corrected chi connectivity index (χ3v) is 2.56. The van der Waals surface area contributed by atoms with Crippen LogP contribution >= 0.6 is 0 Å². The fourth-order valence-electron chi connectivity index (χ4n) is 1.81. The van der Waals surface area contributed by atoms with Gasteiger partial charge in [-0.15, -0.1) is 0 Å². The highest BCUT2D eigenvalue weighted by molar-refractivity contribution is 5.90. The molecule has 5 nitrogen and oxygen atoms in total. The first-order valence-electron chi connectivity index (χ1n) is 4.67. The van der Waals surface area contributed by atoms with Gasteiger partial charge < -0.3 is 10.0 Å². The number of carbonyl (C=O) groups is 3. The topological polar surface area (TPSA) is 74.7 Å². The standard InChI is InChI=1S/C9H10F3NO4/c1-5(14)2-8(7(16)17)3-13(4-8)6(15)9(10,11)12/h2-4H2,1H3,(H,16,17). The third-order valence-electron chi connectivity index (χ3n) is 2.56. The van der Waals surface area contributed by atoms with Gasteiger partial charge in [0.05, 0.1) is 0 Å². The number of rotatable bonds is 3. The number of likely N-dealkylation sites (tertiary alicyclic amines) is 1. The average molecular weight is 253 g/mol. The number of carboxylic acids is 1. The van der Waals surface area contributed by atoms with Gasteiger partial charge in [0.1, 0.15) is 11.2 Å². The number of alkyl halides is 3. The monoisotopic (exact) mass is 253 g/mol. The normalized spacial score (nSPS) is 18.5. The Bertz CT molecular complexity index is 371. The average Bonchev–Trinajstić information content (AvgIpc) is 2.06. The highest BCUT2D eigenvalue weighted by Crippen LogP contribution is 2.37. The van der Waals surface area contributed by atoms with E-state index < -0.39 is 42.3 Å². The summed E-state index contributed by atoms with van der Waals surface area (Å²) in [6, 6.07) is 0. The number of halogens is 3. The van der Waals surface area contributed by atoms with Crippen LogP contribution in [0, 0.1) is 5.41 Å². The minimum absolute atomic E-state index is 0.371. The first-order valence-corrected chi connectivity index (χ1v) is 4.67. The molecule has 1 aliphatic rings. The summed E-state index contributed by atoms with van der Waals surface area (Å²) in [4.78, 5) is 32.9. The maximum Gasteiger partial charge on any atom is 0.471 e. The molecule has 1 fully saturated rings. The molecule has 1 saturated heterocycles. The van der Waals surface area contributed by atoms with E-state index in [9.17, 15) is 27.6 Å². The second kappa shape index (κ2) is 4.01. The summed E-state index contributed by atoms with van der Waals surface area (Å²) in [6.45, 7) is -0.0144. The van der Waals surface area contributed by atoms with Crippen LogP contribution in [0.1, 0.15) is 13.3 Å². The summed E-state index contributed by atoms with van der Waals surface area (Å²) in [6.07, 6.45) is -5.38. The quantitative estimate of drug-likeness (QED) is 0.792. The number of carboxylic acid groups (broad SMARTS) is 1. The molecule has 1 aliphatic heterocycles. The molecule has 0 aliphatic carbocycles. The van der Waals surface area contributed by atoms with Crippen molar-refractivity contribution < 1.29 is 32.7 Å². The molecule has 0 bridgehead atoms. The Labute approximate surface area is 94.2 Å². The Hall–Kier alpha value is -1.60. The van der Waals surface area contributed by atoms with Crippen molar-refractivity contribution >= 4 is 17.7 Å². The van der Waals surface area contributed by atoms with Gasteiger partial charge >= 0.3 is 18.1 Å². The third kappa shape index (κ3) is 2.56. The Morgan fingerprint density at radius 2 is 1.76 bits per heavy atom. The fourth-order valence-corrected chi connectivity index (χ4v) is 1.81. The van der Waals surface area contributed by atoms with Gasteiger partial charge in [0.25, 0.3) is 0 Å². The van der Waals surface area contributed by atoms with Gasteiger partial charge in [-0.05, 0) is 6.92 Å². The number of carbonyl (C=O) groups excluding carboxylic acids is 2. The largest absolute Gasteiger partial charge is 0.481 e. The molecule has 1 amide bonds. The Kier molecular flexibility index (Phi) is 3.17. The summed E-state index contributed by atoms with van der Waals surface area (Å²) < 4.78 is 36.1. The van der Waals surface area contributed by atoms with Crippen LogP contribution in [-0.2, 0) is 14.4 Å². The van der Waals surface area contributed by atoms with E-state index in [1.165, 1.54) is 0 Å². The van der Waals surface area contributed by atoms with E-state index in [1.807, 2.05) is 0 Å². The van der Waals surface area contributed by atoms with Crippen molar-refractivity contribution in [2.75, 3.05) is 13.1 Å². The second-order valence-corrected chi connectivity index (χ2v) is 4.12. The van der Waals surface area contributed by atoms with E-state index in [2.05, 4.69) is 0 Å². The van der Waals surface area contributed by atoms with Crippen LogP contribution in [-0.4, -0.2) is 46.9 Å². The zero-order valence-electron chi connectivity index (χ0n) is 8.87. The Morgan fingerprint density at radius 1 is 1.29 bits per heavy atom. The van der Waals surface area contributed by atoms with Crippen LogP contribution in [0.5, 0.6) is 0 Å². The molecule has 0 aromatic heterocycles. The number of amides is 1. The van der Waals surface area contributed by atoms with Gasteiger partial charge in [0.2, 0.25) is 0 Å². The first kappa shape index (κ1) is 13.5. The van der Waals surface area contributed by atoms with E-state index in [1.54, 1.807) is 0 Å². The molecule has 0 spiro atoms. The van der Waals surface area contributed by atoms with Crippen LogP contribution < -0.4 is 0 Å². The Balaban J connectivity index is 2.72. The predicted molar refractivity (Wildman–Crippen MR) is 48.0 cm³/mol. The SMILES string of the molecule is CC(=O)CC1(C(=O)O)CN(C(=O)C(F)(F)F)C1. The van der Waals surface area contributed by atoms with Crippen molar-refractivity contribution in [3.63, 3.8) is 0 Å². The number of hydrogen-bond acceptors (Lipinski definition) is 3. The van der Waals surface area contributed by atoms with Crippen molar-refractivity contribution in [3.8, 4) is 0 Å². The predicted octanol–water partition coefficient (Wildman–Crippen LogP) is 0.441. The van der Waals surface area contributed by atoms with Crippen LogP contribution in [0.4, 0.5) is 13.2 Å². The van der Waals surface area contributed by atoms with Gasteiger partial charge in [-0.3, -0.25) is 14.4 Å². The molecule has 96 valence electrons. The lowest BCUT2D eigenvalue weighted by Gasteiger charge is -2.46. The van der Waals surface area contributed by atoms with Gasteiger partial charge in [0, 0.05) is 19.5 Å². The summed E-state index contributed by atoms with van der Waals surface area (Å²) in [5, 5.41) is 8.86. The molecule has 0 aromatic rings. The van der Waals surface area contributed by atoms with Crippen LogP contribution in [0.2, 0.25) is 0 Å².